The lowest BCUT2D eigenvalue weighted by molar-refractivity contribution is 0.0949. The van der Waals surface area contributed by atoms with Crippen LogP contribution in [0.25, 0.3) is 0 Å². The molecule has 0 saturated carbocycles. The third-order valence-electron chi connectivity index (χ3n) is 2.72. The molecule has 20 heavy (non-hydrogen) atoms. The number of nitrogen functional groups attached to an aromatic ring is 1. The highest BCUT2D eigenvalue weighted by atomic mass is 16.1. The molecule has 3 N–H and O–H groups in total. The van der Waals surface area contributed by atoms with E-state index in [0.29, 0.717) is 17.2 Å². The molecule has 0 saturated heterocycles. The van der Waals surface area contributed by atoms with Crippen molar-refractivity contribution in [2.45, 2.75) is 26.3 Å². The number of rotatable bonds is 5. The smallest absolute Gasteiger partial charge is 0.251 e. The average molecular weight is 274 g/mol. The summed E-state index contributed by atoms with van der Waals surface area (Å²) < 4.78 is 1.59. The van der Waals surface area contributed by atoms with Gasteiger partial charge in [0.05, 0.1) is 6.54 Å². The fraction of sp³-hybridized carbons (Fsp3) is 0.385. The van der Waals surface area contributed by atoms with Crippen LogP contribution >= 0.6 is 0 Å². The fourth-order valence-corrected chi connectivity index (χ4v) is 1.85. The number of nitrogens with two attached hydrogens (primary N) is 1. The Kier molecular flexibility index (Phi) is 4.29. The van der Waals surface area contributed by atoms with E-state index in [-0.39, 0.29) is 12.5 Å². The predicted octanol–water partition coefficient (Wildman–Crippen LogP) is 0.675. The Hall–Kier alpha value is -2.44. The number of nitrogens with zero attached hydrogens (tertiary/aromatic N) is 4. The second-order valence-electron chi connectivity index (χ2n) is 4.54. The molecule has 7 nitrogen and oxygen atoms in total. The molecule has 106 valence electrons. The highest BCUT2D eigenvalue weighted by molar-refractivity contribution is 5.94. The molecular weight excluding hydrogens is 256 g/mol. The van der Waals surface area contributed by atoms with Crippen LogP contribution in [0, 0.1) is 0 Å². The maximum atomic E-state index is 12.1. The van der Waals surface area contributed by atoms with Gasteiger partial charge in [0.25, 0.3) is 5.91 Å². The molecule has 0 aliphatic rings. The van der Waals surface area contributed by atoms with Crippen molar-refractivity contribution < 1.29 is 4.79 Å². The van der Waals surface area contributed by atoms with E-state index in [4.69, 9.17) is 5.73 Å². The van der Waals surface area contributed by atoms with Crippen molar-refractivity contribution in [3.63, 3.8) is 0 Å². The molecular formula is C13H18N6O. The zero-order valence-corrected chi connectivity index (χ0v) is 11.6. The van der Waals surface area contributed by atoms with Crippen molar-refractivity contribution >= 4 is 11.7 Å². The number of pyridine rings is 1. The van der Waals surface area contributed by atoms with E-state index in [9.17, 15) is 4.79 Å². The normalized spacial score (nSPS) is 10.5. The van der Waals surface area contributed by atoms with Crippen molar-refractivity contribution in [2.24, 2.45) is 7.05 Å². The summed E-state index contributed by atoms with van der Waals surface area (Å²) in [6, 6.07) is 3.33. The molecule has 2 rings (SSSR count). The summed E-state index contributed by atoms with van der Waals surface area (Å²) in [4.78, 5) is 20.3. The molecule has 0 bridgehead atoms. The lowest BCUT2D eigenvalue weighted by Gasteiger charge is -2.06. The van der Waals surface area contributed by atoms with Crippen molar-refractivity contribution in [1.29, 1.82) is 0 Å². The highest BCUT2D eigenvalue weighted by Crippen LogP contribution is 2.09. The van der Waals surface area contributed by atoms with Crippen LogP contribution in [0.2, 0.25) is 0 Å². The standard InChI is InChI=1S/C13H18N6O/c1-3-4-10-5-9(6-11(14)17-10)13(20)15-7-12-16-8-19(2)18-12/h5-6,8H,3-4,7H2,1-2H3,(H2,14,17)(H,15,20). The molecule has 0 radical (unpaired) electrons. The zero-order chi connectivity index (χ0) is 14.5. The third-order valence-corrected chi connectivity index (χ3v) is 2.72. The van der Waals surface area contributed by atoms with Gasteiger partial charge in [0.1, 0.15) is 12.1 Å². The monoisotopic (exact) mass is 274 g/mol. The number of aryl methyl sites for hydroxylation is 2. The zero-order valence-electron chi connectivity index (χ0n) is 11.6. The predicted molar refractivity (Wildman–Crippen MR) is 74.8 cm³/mol. The molecule has 0 spiro atoms. The van der Waals surface area contributed by atoms with Gasteiger partial charge in [0.2, 0.25) is 0 Å². The molecule has 0 fully saturated rings. The van der Waals surface area contributed by atoms with Crippen molar-refractivity contribution in [2.75, 3.05) is 5.73 Å². The molecule has 1 amide bonds. The summed E-state index contributed by atoms with van der Waals surface area (Å²) in [5.41, 5.74) is 7.06. The van der Waals surface area contributed by atoms with Crippen molar-refractivity contribution in [3.05, 3.63) is 35.5 Å². The Morgan fingerprint density at radius 1 is 1.45 bits per heavy atom. The highest BCUT2D eigenvalue weighted by Gasteiger charge is 2.09. The van der Waals surface area contributed by atoms with Gasteiger partial charge >= 0.3 is 0 Å². The van der Waals surface area contributed by atoms with Gasteiger partial charge in [-0.2, -0.15) is 5.10 Å². The van der Waals surface area contributed by atoms with Crippen molar-refractivity contribution in [1.82, 2.24) is 25.1 Å². The molecule has 7 heteroatoms. The van der Waals surface area contributed by atoms with Crippen molar-refractivity contribution in [3.8, 4) is 0 Å². The number of carbonyl (C=O) groups excluding carboxylic acids is 1. The van der Waals surface area contributed by atoms with Gasteiger partial charge in [-0.25, -0.2) is 9.97 Å². The first-order chi connectivity index (χ1) is 9.58. The fourth-order valence-electron chi connectivity index (χ4n) is 1.85. The largest absolute Gasteiger partial charge is 0.384 e. The van der Waals surface area contributed by atoms with E-state index < -0.39 is 0 Å². The quantitative estimate of drug-likeness (QED) is 0.835. The van der Waals surface area contributed by atoms with Crippen LogP contribution in [-0.2, 0) is 20.0 Å². The van der Waals surface area contributed by atoms with E-state index in [1.807, 2.05) is 0 Å². The van der Waals surface area contributed by atoms with Gasteiger partial charge in [0.15, 0.2) is 5.82 Å². The Morgan fingerprint density at radius 2 is 2.25 bits per heavy atom. The summed E-state index contributed by atoms with van der Waals surface area (Å²) in [6.45, 7) is 2.34. The van der Waals surface area contributed by atoms with Gasteiger partial charge in [-0.05, 0) is 18.6 Å². The summed E-state index contributed by atoms with van der Waals surface area (Å²) in [7, 11) is 1.78. The van der Waals surface area contributed by atoms with Crippen LogP contribution in [0.4, 0.5) is 5.82 Å². The van der Waals surface area contributed by atoms with E-state index >= 15 is 0 Å². The van der Waals surface area contributed by atoms with E-state index in [0.717, 1.165) is 18.5 Å². The molecule has 0 atom stereocenters. The second-order valence-corrected chi connectivity index (χ2v) is 4.54. The van der Waals surface area contributed by atoms with Crippen LogP contribution in [0.1, 0.15) is 35.2 Å². The number of hydrogen-bond donors (Lipinski definition) is 2. The number of hydrogen-bond acceptors (Lipinski definition) is 5. The lowest BCUT2D eigenvalue weighted by Crippen LogP contribution is -2.24. The molecule has 2 heterocycles. The maximum Gasteiger partial charge on any atom is 0.251 e. The van der Waals surface area contributed by atoms with Crippen LogP contribution in [0.15, 0.2) is 18.5 Å². The molecule has 0 aromatic carbocycles. The topological polar surface area (TPSA) is 98.7 Å². The Balaban J connectivity index is 2.04. The minimum absolute atomic E-state index is 0.205. The van der Waals surface area contributed by atoms with Crippen LogP contribution in [0.3, 0.4) is 0 Å². The van der Waals surface area contributed by atoms with E-state index in [2.05, 4.69) is 27.3 Å². The molecule has 2 aromatic heterocycles. The molecule has 0 aliphatic carbocycles. The number of carbonyl (C=O) groups is 1. The van der Waals surface area contributed by atoms with Gasteiger partial charge < -0.3 is 11.1 Å². The van der Waals surface area contributed by atoms with Crippen LogP contribution < -0.4 is 11.1 Å². The van der Waals surface area contributed by atoms with E-state index in [1.165, 1.54) is 0 Å². The Morgan fingerprint density at radius 3 is 2.90 bits per heavy atom. The minimum Gasteiger partial charge on any atom is -0.384 e. The maximum absolute atomic E-state index is 12.1. The summed E-state index contributed by atoms with van der Waals surface area (Å²) in [5.74, 6) is 0.720. The first-order valence-electron chi connectivity index (χ1n) is 6.47. The summed E-state index contributed by atoms with van der Waals surface area (Å²) >= 11 is 0. The number of nitrogens with one attached hydrogen (secondary N) is 1. The molecule has 0 unspecified atom stereocenters. The van der Waals surface area contributed by atoms with Gasteiger partial charge in [-0.3, -0.25) is 9.48 Å². The summed E-state index contributed by atoms with van der Waals surface area (Å²) in [6.07, 6.45) is 3.34. The average Bonchev–Trinajstić information content (AvgIpc) is 2.81. The second kappa shape index (κ2) is 6.14. The first kappa shape index (κ1) is 14.0. The lowest BCUT2D eigenvalue weighted by atomic mass is 10.1. The van der Waals surface area contributed by atoms with Gasteiger partial charge in [-0.15, -0.1) is 0 Å². The van der Waals surface area contributed by atoms with E-state index in [1.54, 1.807) is 30.2 Å². The van der Waals surface area contributed by atoms with Gasteiger partial charge in [-0.1, -0.05) is 13.3 Å². The number of amides is 1. The Bertz CT molecular complexity index is 607. The third kappa shape index (κ3) is 3.53. The van der Waals surface area contributed by atoms with Crippen LogP contribution in [0.5, 0.6) is 0 Å². The first-order valence-corrected chi connectivity index (χ1v) is 6.47. The Labute approximate surface area is 117 Å². The van der Waals surface area contributed by atoms with Gasteiger partial charge in [0, 0.05) is 18.3 Å². The molecule has 2 aromatic rings. The van der Waals surface area contributed by atoms with Crippen LogP contribution in [-0.4, -0.2) is 25.7 Å². The number of anilines is 1. The number of aromatic nitrogens is 4. The SMILES string of the molecule is CCCc1cc(C(=O)NCc2ncn(C)n2)cc(N)n1. The minimum atomic E-state index is -0.205. The summed E-state index contributed by atoms with van der Waals surface area (Å²) in [5, 5.41) is 6.86. The molecule has 0 aliphatic heterocycles.